The van der Waals surface area contributed by atoms with E-state index in [-0.39, 0.29) is 0 Å². The van der Waals surface area contributed by atoms with E-state index in [0.717, 1.165) is 44.2 Å². The molecule has 2 N–H and O–H groups in total. The van der Waals surface area contributed by atoms with Gasteiger partial charge in [0.25, 0.3) is 0 Å². The molecule has 2 rings (SSSR count). The van der Waals surface area contributed by atoms with Gasteiger partial charge in [-0.25, -0.2) is 9.97 Å². The molecule has 1 aromatic rings. The van der Waals surface area contributed by atoms with Crippen molar-refractivity contribution in [1.29, 1.82) is 0 Å². The summed E-state index contributed by atoms with van der Waals surface area (Å²) in [6, 6.07) is 0. The molecule has 1 fully saturated rings. The fourth-order valence-electron chi connectivity index (χ4n) is 1.56. The molecule has 1 saturated heterocycles. The fraction of sp³-hybridized carbons (Fsp3) is 0.600. The smallest absolute Gasteiger partial charge is 0.225 e. The van der Waals surface area contributed by atoms with Crippen molar-refractivity contribution in [1.82, 2.24) is 9.97 Å². The standard InChI is InChI=1S/C10H16N4O/c11-6-9-7-12-10(13-8-9)14-2-1-4-15-5-3-14/h7-8H,1-6,11H2. The van der Waals surface area contributed by atoms with E-state index in [1.54, 1.807) is 12.4 Å². The molecule has 0 saturated carbocycles. The Balaban J connectivity index is 2.06. The second kappa shape index (κ2) is 5.04. The summed E-state index contributed by atoms with van der Waals surface area (Å²) in [5.41, 5.74) is 6.45. The molecule has 5 nitrogen and oxygen atoms in total. The zero-order chi connectivity index (χ0) is 10.5. The SMILES string of the molecule is NCc1cnc(N2CCCOCC2)nc1. The van der Waals surface area contributed by atoms with Gasteiger partial charge in [-0.3, -0.25) is 0 Å². The van der Waals surface area contributed by atoms with Crippen LogP contribution in [0.1, 0.15) is 12.0 Å². The highest BCUT2D eigenvalue weighted by molar-refractivity contribution is 5.29. The monoisotopic (exact) mass is 208 g/mol. The molecule has 1 aliphatic rings. The highest BCUT2D eigenvalue weighted by Crippen LogP contribution is 2.09. The van der Waals surface area contributed by atoms with Crippen LogP contribution in [0, 0.1) is 0 Å². The van der Waals surface area contributed by atoms with Crippen LogP contribution in [0.2, 0.25) is 0 Å². The third-order valence-corrected chi connectivity index (χ3v) is 2.43. The second-order valence-corrected chi connectivity index (χ2v) is 3.55. The molecule has 0 amide bonds. The quantitative estimate of drug-likeness (QED) is 0.750. The van der Waals surface area contributed by atoms with E-state index in [0.29, 0.717) is 6.54 Å². The Hall–Kier alpha value is -1.20. The van der Waals surface area contributed by atoms with Gasteiger partial charge in [-0.15, -0.1) is 0 Å². The molecule has 0 atom stereocenters. The van der Waals surface area contributed by atoms with Crippen molar-refractivity contribution in [3.8, 4) is 0 Å². The summed E-state index contributed by atoms with van der Waals surface area (Å²) in [5.74, 6) is 0.776. The largest absolute Gasteiger partial charge is 0.380 e. The average molecular weight is 208 g/mol. The van der Waals surface area contributed by atoms with Gasteiger partial charge in [0.1, 0.15) is 0 Å². The molecule has 0 radical (unpaired) electrons. The summed E-state index contributed by atoms with van der Waals surface area (Å²) in [6.07, 6.45) is 4.60. The molecular weight excluding hydrogens is 192 g/mol. The lowest BCUT2D eigenvalue weighted by Crippen LogP contribution is -2.27. The van der Waals surface area contributed by atoms with Crippen LogP contribution in [0.25, 0.3) is 0 Å². The summed E-state index contributed by atoms with van der Waals surface area (Å²) >= 11 is 0. The van der Waals surface area contributed by atoms with E-state index >= 15 is 0 Å². The van der Waals surface area contributed by atoms with Crippen LogP contribution < -0.4 is 10.6 Å². The molecule has 15 heavy (non-hydrogen) atoms. The normalized spacial score (nSPS) is 17.5. The molecule has 82 valence electrons. The van der Waals surface area contributed by atoms with E-state index in [9.17, 15) is 0 Å². The van der Waals surface area contributed by atoms with Crippen LogP contribution in [-0.2, 0) is 11.3 Å². The number of rotatable bonds is 2. The molecule has 0 spiro atoms. The Morgan fingerprint density at radius 2 is 2.07 bits per heavy atom. The molecule has 0 aliphatic carbocycles. The first-order valence-electron chi connectivity index (χ1n) is 5.24. The van der Waals surface area contributed by atoms with E-state index in [4.69, 9.17) is 10.5 Å². The van der Waals surface area contributed by atoms with Gasteiger partial charge in [0.05, 0.1) is 6.61 Å². The van der Waals surface area contributed by atoms with Crippen molar-refractivity contribution < 1.29 is 4.74 Å². The van der Waals surface area contributed by atoms with Gasteiger partial charge < -0.3 is 15.4 Å². The summed E-state index contributed by atoms with van der Waals surface area (Å²) in [4.78, 5) is 10.7. The lowest BCUT2D eigenvalue weighted by Gasteiger charge is -2.18. The van der Waals surface area contributed by atoms with Gasteiger partial charge in [-0.1, -0.05) is 0 Å². The zero-order valence-corrected chi connectivity index (χ0v) is 8.72. The van der Waals surface area contributed by atoms with Crippen molar-refractivity contribution >= 4 is 5.95 Å². The second-order valence-electron chi connectivity index (χ2n) is 3.55. The average Bonchev–Trinajstić information content (AvgIpc) is 2.58. The highest BCUT2D eigenvalue weighted by Gasteiger charge is 2.11. The van der Waals surface area contributed by atoms with Crippen molar-refractivity contribution in [3.05, 3.63) is 18.0 Å². The summed E-state index contributed by atoms with van der Waals surface area (Å²) in [6.45, 7) is 3.90. The van der Waals surface area contributed by atoms with Crippen LogP contribution in [-0.4, -0.2) is 36.3 Å². The van der Waals surface area contributed by atoms with Crippen molar-refractivity contribution in [2.75, 3.05) is 31.2 Å². The van der Waals surface area contributed by atoms with Crippen LogP contribution >= 0.6 is 0 Å². The third-order valence-electron chi connectivity index (χ3n) is 2.43. The number of aromatic nitrogens is 2. The number of nitrogens with two attached hydrogens (primary N) is 1. The fourth-order valence-corrected chi connectivity index (χ4v) is 1.56. The van der Waals surface area contributed by atoms with Crippen molar-refractivity contribution in [2.45, 2.75) is 13.0 Å². The van der Waals surface area contributed by atoms with Crippen LogP contribution in [0.4, 0.5) is 5.95 Å². The van der Waals surface area contributed by atoms with Crippen LogP contribution in [0.15, 0.2) is 12.4 Å². The molecule has 1 aliphatic heterocycles. The summed E-state index contributed by atoms with van der Waals surface area (Å²) < 4.78 is 5.37. The Bertz CT molecular complexity index is 293. The number of nitrogens with zero attached hydrogens (tertiary/aromatic N) is 3. The van der Waals surface area contributed by atoms with Gasteiger partial charge in [0.15, 0.2) is 0 Å². The van der Waals surface area contributed by atoms with Gasteiger partial charge in [0, 0.05) is 44.2 Å². The molecule has 0 unspecified atom stereocenters. The number of hydrogen-bond acceptors (Lipinski definition) is 5. The first kappa shape index (κ1) is 10.3. The number of ether oxygens (including phenoxy) is 1. The molecule has 2 heterocycles. The van der Waals surface area contributed by atoms with Gasteiger partial charge in [-0.2, -0.15) is 0 Å². The molecule has 1 aromatic heterocycles. The van der Waals surface area contributed by atoms with Gasteiger partial charge in [-0.05, 0) is 6.42 Å². The molecule has 5 heteroatoms. The van der Waals surface area contributed by atoms with E-state index in [1.165, 1.54) is 0 Å². The topological polar surface area (TPSA) is 64.3 Å². The van der Waals surface area contributed by atoms with E-state index in [1.807, 2.05) is 0 Å². The van der Waals surface area contributed by atoms with Crippen molar-refractivity contribution in [3.63, 3.8) is 0 Å². The first-order chi connectivity index (χ1) is 7.40. The first-order valence-corrected chi connectivity index (χ1v) is 5.24. The Morgan fingerprint density at radius 1 is 1.27 bits per heavy atom. The van der Waals surface area contributed by atoms with Gasteiger partial charge in [0.2, 0.25) is 5.95 Å². The van der Waals surface area contributed by atoms with E-state index < -0.39 is 0 Å². The van der Waals surface area contributed by atoms with Crippen LogP contribution in [0.3, 0.4) is 0 Å². The predicted octanol–water partition coefficient (Wildman–Crippen LogP) is 0.162. The minimum atomic E-state index is 0.489. The minimum Gasteiger partial charge on any atom is -0.380 e. The minimum absolute atomic E-state index is 0.489. The van der Waals surface area contributed by atoms with Crippen LogP contribution in [0.5, 0.6) is 0 Å². The molecular formula is C10H16N4O. The maximum atomic E-state index is 5.49. The van der Waals surface area contributed by atoms with Gasteiger partial charge >= 0.3 is 0 Å². The molecule has 0 aromatic carbocycles. The van der Waals surface area contributed by atoms with Crippen molar-refractivity contribution in [2.24, 2.45) is 5.73 Å². The molecule has 0 bridgehead atoms. The third kappa shape index (κ3) is 2.64. The Morgan fingerprint density at radius 3 is 2.80 bits per heavy atom. The maximum Gasteiger partial charge on any atom is 0.225 e. The highest BCUT2D eigenvalue weighted by atomic mass is 16.5. The summed E-state index contributed by atoms with van der Waals surface area (Å²) in [7, 11) is 0. The Labute approximate surface area is 89.3 Å². The Kier molecular flexibility index (Phi) is 3.47. The number of anilines is 1. The van der Waals surface area contributed by atoms with E-state index in [2.05, 4.69) is 14.9 Å². The zero-order valence-electron chi connectivity index (χ0n) is 8.72. The summed E-state index contributed by atoms with van der Waals surface area (Å²) in [5, 5.41) is 0. The lowest BCUT2D eigenvalue weighted by molar-refractivity contribution is 0.152. The number of hydrogen-bond donors (Lipinski definition) is 1. The maximum absolute atomic E-state index is 5.49. The predicted molar refractivity (Wildman–Crippen MR) is 57.6 cm³/mol. The lowest BCUT2D eigenvalue weighted by atomic mass is 10.3.